The molecule has 1 aromatic heterocycles. The molecule has 100 valence electrons. The lowest BCUT2D eigenvalue weighted by Gasteiger charge is -2.40. The second-order valence-corrected chi connectivity index (χ2v) is 5.03. The molecule has 7 heteroatoms. The van der Waals surface area contributed by atoms with Gasteiger partial charge in [-0.3, -0.25) is 4.79 Å². The van der Waals surface area contributed by atoms with Crippen molar-refractivity contribution in [3.63, 3.8) is 0 Å². The molecular formula is C11H17N3O4. The Morgan fingerprint density at radius 1 is 1.39 bits per heavy atom. The van der Waals surface area contributed by atoms with E-state index in [1.54, 1.807) is 27.7 Å². The summed E-state index contributed by atoms with van der Waals surface area (Å²) in [6, 6.07) is 0. The second kappa shape index (κ2) is 4.67. The molecule has 0 bridgehead atoms. The standard InChI is InChI=1S/C11H17N3O4/c1-10(2,3)11(4,18-9(12)16)14-8(15)7-5-17-6-13-7/h5-6H,1-4H3,(H2,12,16)(H,14,15). The normalized spacial score (nSPS) is 14.7. The van der Waals surface area contributed by atoms with Gasteiger partial charge in [0.2, 0.25) is 0 Å². The predicted octanol–water partition coefficient (Wildman–Crippen LogP) is 1.26. The molecule has 3 N–H and O–H groups in total. The van der Waals surface area contributed by atoms with Crippen LogP contribution in [0.2, 0.25) is 0 Å². The third kappa shape index (κ3) is 2.99. The molecule has 0 saturated carbocycles. The first kappa shape index (κ1) is 14.0. The number of nitrogens with one attached hydrogen (secondary N) is 1. The van der Waals surface area contributed by atoms with Crippen molar-refractivity contribution in [3.05, 3.63) is 18.4 Å². The zero-order valence-corrected chi connectivity index (χ0v) is 10.8. The van der Waals surface area contributed by atoms with Gasteiger partial charge in [-0.25, -0.2) is 9.78 Å². The summed E-state index contributed by atoms with van der Waals surface area (Å²) in [6.07, 6.45) is 1.37. The van der Waals surface area contributed by atoms with Gasteiger partial charge in [0.25, 0.3) is 5.91 Å². The molecule has 0 fully saturated rings. The van der Waals surface area contributed by atoms with Crippen LogP contribution in [-0.2, 0) is 4.74 Å². The van der Waals surface area contributed by atoms with E-state index < -0.39 is 23.1 Å². The molecule has 0 aromatic carbocycles. The number of carbonyl (C=O) groups is 2. The molecule has 0 radical (unpaired) electrons. The minimum Gasteiger partial charge on any atom is -0.451 e. The van der Waals surface area contributed by atoms with E-state index in [1.165, 1.54) is 6.26 Å². The fraction of sp³-hybridized carbons (Fsp3) is 0.545. The van der Waals surface area contributed by atoms with E-state index in [9.17, 15) is 9.59 Å². The van der Waals surface area contributed by atoms with Crippen molar-refractivity contribution in [2.75, 3.05) is 0 Å². The summed E-state index contributed by atoms with van der Waals surface area (Å²) in [7, 11) is 0. The Kier molecular flexibility index (Phi) is 3.64. The number of amides is 2. The average molecular weight is 255 g/mol. The second-order valence-electron chi connectivity index (χ2n) is 5.03. The Labute approximate surface area is 105 Å². The molecule has 1 atom stereocenters. The number of nitrogens with zero attached hydrogens (tertiary/aromatic N) is 1. The fourth-order valence-electron chi connectivity index (χ4n) is 1.17. The van der Waals surface area contributed by atoms with Gasteiger partial charge in [-0.05, 0) is 6.92 Å². The molecule has 1 rings (SSSR count). The van der Waals surface area contributed by atoms with Crippen LogP contribution < -0.4 is 11.1 Å². The van der Waals surface area contributed by atoms with Gasteiger partial charge in [0.15, 0.2) is 17.8 Å². The van der Waals surface area contributed by atoms with Gasteiger partial charge in [0.05, 0.1) is 0 Å². The van der Waals surface area contributed by atoms with Gasteiger partial charge < -0.3 is 20.2 Å². The van der Waals surface area contributed by atoms with Gasteiger partial charge in [-0.2, -0.15) is 0 Å². The van der Waals surface area contributed by atoms with Gasteiger partial charge in [0, 0.05) is 5.41 Å². The first-order chi connectivity index (χ1) is 8.16. The largest absolute Gasteiger partial charge is 0.451 e. The predicted molar refractivity (Wildman–Crippen MR) is 62.5 cm³/mol. The van der Waals surface area contributed by atoms with E-state index in [-0.39, 0.29) is 5.69 Å². The number of hydrogen-bond donors (Lipinski definition) is 2. The highest BCUT2D eigenvalue weighted by molar-refractivity contribution is 5.92. The maximum Gasteiger partial charge on any atom is 0.406 e. The lowest BCUT2D eigenvalue weighted by molar-refractivity contribution is -0.0690. The average Bonchev–Trinajstić information content (AvgIpc) is 2.66. The lowest BCUT2D eigenvalue weighted by atomic mass is 9.84. The van der Waals surface area contributed by atoms with E-state index in [2.05, 4.69) is 10.3 Å². The highest BCUT2D eigenvalue weighted by Crippen LogP contribution is 2.31. The Hall–Kier alpha value is -2.05. The van der Waals surface area contributed by atoms with Crippen LogP contribution >= 0.6 is 0 Å². The van der Waals surface area contributed by atoms with Crippen molar-refractivity contribution in [2.24, 2.45) is 11.1 Å². The molecule has 1 heterocycles. The van der Waals surface area contributed by atoms with Crippen LogP contribution in [0.1, 0.15) is 38.2 Å². The third-order valence-corrected chi connectivity index (χ3v) is 2.75. The van der Waals surface area contributed by atoms with E-state index in [1.807, 2.05) is 0 Å². The van der Waals surface area contributed by atoms with Crippen molar-refractivity contribution in [3.8, 4) is 0 Å². The molecule has 0 aliphatic rings. The van der Waals surface area contributed by atoms with E-state index >= 15 is 0 Å². The zero-order chi connectivity index (χ0) is 14.0. The van der Waals surface area contributed by atoms with Crippen molar-refractivity contribution in [2.45, 2.75) is 33.4 Å². The Bertz CT molecular complexity index is 436. The topological polar surface area (TPSA) is 107 Å². The minimum atomic E-state index is -1.26. The Morgan fingerprint density at radius 2 is 2.00 bits per heavy atom. The van der Waals surface area contributed by atoms with Gasteiger partial charge >= 0.3 is 6.09 Å². The molecule has 0 aliphatic heterocycles. The van der Waals surface area contributed by atoms with Gasteiger partial charge in [0.1, 0.15) is 6.26 Å². The maximum atomic E-state index is 11.9. The summed E-state index contributed by atoms with van der Waals surface area (Å²) >= 11 is 0. The van der Waals surface area contributed by atoms with Crippen LogP contribution in [0.4, 0.5) is 4.79 Å². The Morgan fingerprint density at radius 3 is 2.39 bits per heavy atom. The van der Waals surface area contributed by atoms with Crippen LogP contribution in [0.15, 0.2) is 17.1 Å². The lowest BCUT2D eigenvalue weighted by Crippen LogP contribution is -2.58. The summed E-state index contributed by atoms with van der Waals surface area (Å²) < 4.78 is 9.73. The first-order valence-electron chi connectivity index (χ1n) is 5.35. The van der Waals surface area contributed by atoms with Gasteiger partial charge in [-0.1, -0.05) is 20.8 Å². The number of rotatable bonds is 3. The molecule has 0 saturated heterocycles. The summed E-state index contributed by atoms with van der Waals surface area (Å²) in [5.74, 6) is -0.512. The van der Waals surface area contributed by atoms with E-state index in [0.29, 0.717) is 0 Å². The number of nitrogens with two attached hydrogens (primary N) is 1. The summed E-state index contributed by atoms with van der Waals surface area (Å²) in [5, 5.41) is 2.58. The van der Waals surface area contributed by atoms with E-state index in [0.717, 1.165) is 6.39 Å². The Balaban J connectivity index is 2.93. The van der Waals surface area contributed by atoms with Crippen LogP contribution in [0.25, 0.3) is 0 Å². The molecule has 7 nitrogen and oxygen atoms in total. The summed E-state index contributed by atoms with van der Waals surface area (Å²) in [6.45, 7) is 6.98. The van der Waals surface area contributed by atoms with E-state index in [4.69, 9.17) is 14.9 Å². The highest BCUT2D eigenvalue weighted by atomic mass is 16.6. The van der Waals surface area contributed by atoms with Crippen molar-refractivity contribution in [1.82, 2.24) is 10.3 Å². The SMILES string of the molecule is CC(C)(C)C(C)(NC(=O)c1cocn1)OC(N)=O. The number of aromatic nitrogens is 1. The number of oxazole rings is 1. The summed E-state index contributed by atoms with van der Waals surface area (Å²) in [4.78, 5) is 26.5. The van der Waals surface area contributed by atoms with Crippen LogP contribution in [0.5, 0.6) is 0 Å². The molecule has 2 amide bonds. The van der Waals surface area contributed by atoms with Crippen molar-refractivity contribution >= 4 is 12.0 Å². The van der Waals surface area contributed by atoms with Crippen LogP contribution in [0.3, 0.4) is 0 Å². The molecule has 1 unspecified atom stereocenters. The van der Waals surface area contributed by atoms with Gasteiger partial charge in [-0.15, -0.1) is 0 Å². The zero-order valence-electron chi connectivity index (χ0n) is 10.8. The quantitative estimate of drug-likeness (QED) is 0.790. The maximum absolute atomic E-state index is 11.9. The van der Waals surface area contributed by atoms with Crippen molar-refractivity contribution < 1.29 is 18.7 Å². The molecule has 0 spiro atoms. The van der Waals surface area contributed by atoms with Crippen LogP contribution in [0, 0.1) is 5.41 Å². The van der Waals surface area contributed by atoms with Crippen LogP contribution in [-0.4, -0.2) is 22.7 Å². The molecule has 0 aliphatic carbocycles. The monoisotopic (exact) mass is 255 g/mol. The molecular weight excluding hydrogens is 238 g/mol. The fourth-order valence-corrected chi connectivity index (χ4v) is 1.17. The highest BCUT2D eigenvalue weighted by Gasteiger charge is 2.42. The number of carbonyl (C=O) groups excluding carboxylic acids is 2. The summed E-state index contributed by atoms with van der Waals surface area (Å²) in [5.41, 5.74) is 3.31. The first-order valence-corrected chi connectivity index (χ1v) is 5.35. The number of ether oxygens (including phenoxy) is 1. The molecule has 1 aromatic rings. The number of primary amides is 1. The molecule has 18 heavy (non-hydrogen) atoms. The van der Waals surface area contributed by atoms with Crippen molar-refractivity contribution in [1.29, 1.82) is 0 Å². The number of hydrogen-bond acceptors (Lipinski definition) is 5. The smallest absolute Gasteiger partial charge is 0.406 e. The minimum absolute atomic E-state index is 0.0959. The third-order valence-electron chi connectivity index (χ3n) is 2.75.